The molecule has 16 heavy (non-hydrogen) atoms. The molecular formula is C9H12F2N2O3. The Labute approximate surface area is 90.1 Å². The highest BCUT2D eigenvalue weighted by atomic mass is 19.3. The summed E-state index contributed by atoms with van der Waals surface area (Å²) in [7, 11) is 0. The number of nitrogens with one attached hydrogen (secondary N) is 1. The standard InChI is InChI=1S/C9H12F2N2O3/c1-5-8(14)12-7(13-9(5)15)2-3-16-4-6(10)11/h6H,2-4H2,1H3,(H2,12,13,14,15). The van der Waals surface area contributed by atoms with Crippen LogP contribution in [-0.2, 0) is 11.2 Å². The first-order valence-electron chi connectivity index (χ1n) is 4.65. The third-order valence-electron chi connectivity index (χ3n) is 1.90. The summed E-state index contributed by atoms with van der Waals surface area (Å²) in [5.41, 5.74) is -0.325. The van der Waals surface area contributed by atoms with Gasteiger partial charge in [0.25, 0.3) is 12.0 Å². The summed E-state index contributed by atoms with van der Waals surface area (Å²) in [4.78, 5) is 17.3. The molecule has 0 radical (unpaired) electrons. The Morgan fingerprint density at radius 2 is 2.25 bits per heavy atom. The maximum absolute atomic E-state index is 11.7. The first-order valence-corrected chi connectivity index (χ1v) is 4.65. The first kappa shape index (κ1) is 12.6. The number of H-pyrrole nitrogens is 1. The molecule has 0 amide bonds. The Kier molecular flexibility index (Phi) is 4.36. The van der Waals surface area contributed by atoms with Gasteiger partial charge in [0.15, 0.2) is 0 Å². The predicted molar refractivity (Wildman–Crippen MR) is 51.8 cm³/mol. The SMILES string of the molecule is Cc1c(O)nc(CCOCC(F)F)[nH]c1=O. The van der Waals surface area contributed by atoms with Crippen LogP contribution in [0.15, 0.2) is 4.79 Å². The van der Waals surface area contributed by atoms with E-state index in [-0.39, 0.29) is 30.3 Å². The Balaban J connectivity index is 2.52. The number of hydrogen-bond acceptors (Lipinski definition) is 4. The van der Waals surface area contributed by atoms with Crippen molar-refractivity contribution in [3.63, 3.8) is 0 Å². The van der Waals surface area contributed by atoms with Crippen molar-refractivity contribution >= 4 is 0 Å². The minimum Gasteiger partial charge on any atom is -0.493 e. The number of aromatic amines is 1. The molecule has 0 saturated carbocycles. The molecule has 0 fully saturated rings. The molecule has 0 aliphatic carbocycles. The van der Waals surface area contributed by atoms with Gasteiger partial charge in [0.2, 0.25) is 5.88 Å². The van der Waals surface area contributed by atoms with Gasteiger partial charge in [0, 0.05) is 6.42 Å². The van der Waals surface area contributed by atoms with Gasteiger partial charge in [-0.2, -0.15) is 4.98 Å². The zero-order chi connectivity index (χ0) is 12.1. The third-order valence-corrected chi connectivity index (χ3v) is 1.90. The van der Waals surface area contributed by atoms with Gasteiger partial charge in [0.05, 0.1) is 12.2 Å². The molecular weight excluding hydrogens is 222 g/mol. The number of alkyl halides is 2. The largest absolute Gasteiger partial charge is 0.493 e. The number of nitrogens with zero attached hydrogens (tertiary/aromatic N) is 1. The van der Waals surface area contributed by atoms with Crippen molar-refractivity contribution in [3.8, 4) is 5.88 Å². The van der Waals surface area contributed by atoms with E-state index in [4.69, 9.17) is 0 Å². The molecule has 0 aliphatic rings. The number of rotatable bonds is 5. The van der Waals surface area contributed by atoms with E-state index in [1.54, 1.807) is 0 Å². The maximum Gasteiger partial charge on any atom is 0.261 e. The van der Waals surface area contributed by atoms with Crippen LogP contribution >= 0.6 is 0 Å². The van der Waals surface area contributed by atoms with Gasteiger partial charge >= 0.3 is 0 Å². The van der Waals surface area contributed by atoms with Crippen molar-refractivity contribution in [1.82, 2.24) is 9.97 Å². The maximum atomic E-state index is 11.7. The number of hydrogen-bond donors (Lipinski definition) is 2. The van der Waals surface area contributed by atoms with Gasteiger partial charge in [-0.05, 0) is 6.92 Å². The molecule has 0 spiro atoms. The van der Waals surface area contributed by atoms with Crippen LogP contribution in [-0.4, -0.2) is 34.7 Å². The van der Waals surface area contributed by atoms with Crippen molar-refractivity contribution in [2.75, 3.05) is 13.2 Å². The van der Waals surface area contributed by atoms with Gasteiger partial charge in [-0.15, -0.1) is 0 Å². The van der Waals surface area contributed by atoms with E-state index in [0.717, 1.165) is 0 Å². The van der Waals surface area contributed by atoms with Crippen LogP contribution < -0.4 is 5.56 Å². The smallest absolute Gasteiger partial charge is 0.261 e. The second-order valence-corrected chi connectivity index (χ2v) is 3.18. The minimum absolute atomic E-state index is 0.00970. The third kappa shape index (κ3) is 3.58. The Morgan fingerprint density at radius 1 is 1.56 bits per heavy atom. The zero-order valence-corrected chi connectivity index (χ0v) is 8.67. The van der Waals surface area contributed by atoms with Crippen LogP contribution in [0.2, 0.25) is 0 Å². The van der Waals surface area contributed by atoms with E-state index < -0.39 is 18.6 Å². The fraction of sp³-hybridized carbons (Fsp3) is 0.556. The van der Waals surface area contributed by atoms with Crippen molar-refractivity contribution in [1.29, 1.82) is 0 Å². The lowest BCUT2D eigenvalue weighted by Gasteiger charge is -2.04. The fourth-order valence-corrected chi connectivity index (χ4v) is 1.03. The summed E-state index contributed by atoms with van der Waals surface area (Å²) < 4.78 is 28.0. The Bertz CT molecular complexity index is 406. The Hall–Kier alpha value is -1.50. The summed E-state index contributed by atoms with van der Waals surface area (Å²) in [6.07, 6.45) is -2.35. The molecule has 0 bridgehead atoms. The van der Waals surface area contributed by atoms with E-state index in [0.29, 0.717) is 0 Å². The van der Waals surface area contributed by atoms with E-state index in [1.165, 1.54) is 6.92 Å². The lowest BCUT2D eigenvalue weighted by Crippen LogP contribution is -2.16. The van der Waals surface area contributed by atoms with Gasteiger partial charge in [0.1, 0.15) is 12.4 Å². The predicted octanol–water partition coefficient (Wildman–Crippen LogP) is 0.608. The van der Waals surface area contributed by atoms with E-state index in [9.17, 15) is 18.7 Å². The molecule has 90 valence electrons. The van der Waals surface area contributed by atoms with Crippen LogP contribution in [0.4, 0.5) is 8.78 Å². The lowest BCUT2D eigenvalue weighted by atomic mass is 10.3. The second-order valence-electron chi connectivity index (χ2n) is 3.18. The lowest BCUT2D eigenvalue weighted by molar-refractivity contribution is 0.0182. The highest BCUT2D eigenvalue weighted by molar-refractivity contribution is 5.20. The molecule has 7 heteroatoms. The summed E-state index contributed by atoms with van der Waals surface area (Å²) in [6.45, 7) is 0.788. The van der Waals surface area contributed by atoms with Crippen molar-refractivity contribution in [3.05, 3.63) is 21.7 Å². The Morgan fingerprint density at radius 3 is 2.81 bits per heavy atom. The van der Waals surface area contributed by atoms with E-state index in [2.05, 4.69) is 14.7 Å². The highest BCUT2D eigenvalue weighted by Crippen LogP contribution is 2.06. The van der Waals surface area contributed by atoms with Gasteiger partial charge < -0.3 is 14.8 Å². The van der Waals surface area contributed by atoms with Crippen LogP contribution in [0.1, 0.15) is 11.4 Å². The minimum atomic E-state index is -2.52. The van der Waals surface area contributed by atoms with Crippen LogP contribution in [0.5, 0.6) is 5.88 Å². The number of aromatic nitrogens is 2. The molecule has 1 heterocycles. The zero-order valence-electron chi connectivity index (χ0n) is 8.67. The number of aromatic hydroxyl groups is 1. The molecule has 0 saturated heterocycles. The summed E-state index contributed by atoms with van der Waals surface area (Å²) >= 11 is 0. The van der Waals surface area contributed by atoms with Crippen LogP contribution in [0.3, 0.4) is 0 Å². The topological polar surface area (TPSA) is 75.2 Å². The van der Waals surface area contributed by atoms with E-state index in [1.807, 2.05) is 0 Å². The molecule has 0 aromatic carbocycles. The molecule has 1 aromatic heterocycles. The molecule has 1 aromatic rings. The first-order chi connectivity index (χ1) is 7.50. The monoisotopic (exact) mass is 234 g/mol. The summed E-state index contributed by atoms with van der Waals surface area (Å²) in [5.74, 6) is -0.144. The molecule has 2 N–H and O–H groups in total. The molecule has 0 unspecified atom stereocenters. The highest BCUT2D eigenvalue weighted by Gasteiger charge is 2.06. The van der Waals surface area contributed by atoms with Gasteiger partial charge in [-0.25, -0.2) is 8.78 Å². The normalized spacial score (nSPS) is 11.0. The summed E-state index contributed by atoms with van der Waals surface area (Å²) in [5, 5.41) is 9.23. The van der Waals surface area contributed by atoms with Crippen LogP contribution in [0.25, 0.3) is 0 Å². The molecule has 0 aliphatic heterocycles. The van der Waals surface area contributed by atoms with Crippen molar-refractivity contribution in [2.24, 2.45) is 0 Å². The second kappa shape index (κ2) is 5.55. The number of ether oxygens (including phenoxy) is 1. The molecule has 1 rings (SSSR count). The van der Waals surface area contributed by atoms with Gasteiger partial charge in [-0.3, -0.25) is 4.79 Å². The average molecular weight is 234 g/mol. The fourth-order valence-electron chi connectivity index (χ4n) is 1.03. The van der Waals surface area contributed by atoms with Crippen molar-refractivity contribution < 1.29 is 18.6 Å². The quantitative estimate of drug-likeness (QED) is 0.732. The molecule has 5 nitrogen and oxygen atoms in total. The summed E-state index contributed by atoms with van der Waals surface area (Å²) in [6, 6.07) is 0. The van der Waals surface area contributed by atoms with Crippen LogP contribution in [0, 0.1) is 6.92 Å². The van der Waals surface area contributed by atoms with Gasteiger partial charge in [-0.1, -0.05) is 0 Å². The molecule has 0 atom stereocenters. The van der Waals surface area contributed by atoms with Crippen molar-refractivity contribution in [2.45, 2.75) is 19.8 Å². The van der Waals surface area contributed by atoms with E-state index >= 15 is 0 Å². The number of halogens is 2. The average Bonchev–Trinajstić information content (AvgIpc) is 2.20.